The van der Waals surface area contributed by atoms with Crippen molar-refractivity contribution in [3.05, 3.63) is 23.4 Å². The maximum absolute atomic E-state index is 11.9. The van der Waals surface area contributed by atoms with Gasteiger partial charge in [-0.25, -0.2) is 4.98 Å². The fraction of sp³-hybridized carbons (Fsp3) is 0.538. The molecule has 1 unspecified atom stereocenters. The SMILES string of the molecule is Cc1cc(C)nc(NC(=O)CC2COCCN2)c1. The van der Waals surface area contributed by atoms with Gasteiger partial charge in [-0.05, 0) is 31.5 Å². The van der Waals surface area contributed by atoms with E-state index in [0.29, 0.717) is 18.8 Å². The smallest absolute Gasteiger partial charge is 0.227 e. The van der Waals surface area contributed by atoms with Gasteiger partial charge in [0.15, 0.2) is 0 Å². The van der Waals surface area contributed by atoms with Crippen molar-refractivity contribution in [1.82, 2.24) is 10.3 Å². The normalized spacial score (nSPS) is 19.6. The molecule has 1 fully saturated rings. The number of nitrogens with one attached hydrogen (secondary N) is 2. The summed E-state index contributed by atoms with van der Waals surface area (Å²) in [7, 11) is 0. The van der Waals surface area contributed by atoms with Gasteiger partial charge in [-0.2, -0.15) is 0 Å². The van der Waals surface area contributed by atoms with Crippen LogP contribution in [0.4, 0.5) is 5.82 Å². The molecule has 1 atom stereocenters. The highest BCUT2D eigenvalue weighted by Gasteiger charge is 2.17. The van der Waals surface area contributed by atoms with E-state index in [0.717, 1.165) is 24.4 Å². The molecule has 98 valence electrons. The van der Waals surface area contributed by atoms with E-state index in [1.165, 1.54) is 0 Å². The van der Waals surface area contributed by atoms with Crippen LogP contribution < -0.4 is 10.6 Å². The first kappa shape index (κ1) is 13.0. The lowest BCUT2D eigenvalue weighted by molar-refractivity contribution is -0.117. The van der Waals surface area contributed by atoms with Gasteiger partial charge in [-0.1, -0.05) is 0 Å². The molecule has 1 saturated heterocycles. The van der Waals surface area contributed by atoms with Crippen LogP contribution in [0, 0.1) is 13.8 Å². The summed E-state index contributed by atoms with van der Waals surface area (Å²) < 4.78 is 5.31. The average molecular weight is 249 g/mol. The Bertz CT molecular complexity index is 408. The molecule has 5 heteroatoms. The Morgan fingerprint density at radius 2 is 2.39 bits per heavy atom. The highest BCUT2D eigenvalue weighted by atomic mass is 16.5. The van der Waals surface area contributed by atoms with Gasteiger partial charge in [-0.15, -0.1) is 0 Å². The van der Waals surface area contributed by atoms with Crippen molar-refractivity contribution in [2.45, 2.75) is 26.3 Å². The highest BCUT2D eigenvalue weighted by Crippen LogP contribution is 2.10. The minimum absolute atomic E-state index is 0.0319. The number of carbonyl (C=O) groups excluding carboxylic acids is 1. The zero-order valence-corrected chi connectivity index (χ0v) is 10.8. The van der Waals surface area contributed by atoms with Crippen LogP contribution in [0.15, 0.2) is 12.1 Å². The number of amides is 1. The Morgan fingerprint density at radius 1 is 1.56 bits per heavy atom. The first-order valence-corrected chi connectivity index (χ1v) is 6.20. The Morgan fingerprint density at radius 3 is 3.06 bits per heavy atom. The monoisotopic (exact) mass is 249 g/mol. The molecule has 0 radical (unpaired) electrons. The standard InChI is InChI=1S/C13H19N3O2/c1-9-5-10(2)15-12(6-9)16-13(17)7-11-8-18-4-3-14-11/h5-6,11,14H,3-4,7-8H2,1-2H3,(H,15,16,17). The van der Waals surface area contributed by atoms with Crippen molar-refractivity contribution in [2.75, 3.05) is 25.1 Å². The van der Waals surface area contributed by atoms with E-state index in [9.17, 15) is 4.79 Å². The number of hydrogen-bond donors (Lipinski definition) is 2. The Labute approximate surface area is 107 Å². The van der Waals surface area contributed by atoms with Crippen LogP contribution >= 0.6 is 0 Å². The van der Waals surface area contributed by atoms with E-state index in [4.69, 9.17) is 4.74 Å². The van der Waals surface area contributed by atoms with Gasteiger partial charge >= 0.3 is 0 Å². The van der Waals surface area contributed by atoms with Crippen molar-refractivity contribution in [1.29, 1.82) is 0 Å². The number of nitrogens with zero attached hydrogens (tertiary/aromatic N) is 1. The van der Waals surface area contributed by atoms with Crippen LogP contribution in [0.1, 0.15) is 17.7 Å². The summed E-state index contributed by atoms with van der Waals surface area (Å²) in [6.07, 6.45) is 0.411. The molecule has 2 N–H and O–H groups in total. The number of anilines is 1. The van der Waals surface area contributed by atoms with Crippen molar-refractivity contribution in [2.24, 2.45) is 0 Å². The summed E-state index contributed by atoms with van der Waals surface area (Å²) in [5.74, 6) is 0.588. The number of aryl methyl sites for hydroxylation is 2. The molecule has 0 saturated carbocycles. The molecule has 1 aliphatic heterocycles. The third-order valence-electron chi connectivity index (χ3n) is 2.80. The van der Waals surface area contributed by atoms with Crippen LogP contribution in [-0.4, -0.2) is 36.7 Å². The molecule has 1 aromatic rings. The first-order valence-electron chi connectivity index (χ1n) is 6.20. The van der Waals surface area contributed by atoms with Crippen molar-refractivity contribution in [3.8, 4) is 0 Å². The van der Waals surface area contributed by atoms with Crippen LogP contribution in [0.3, 0.4) is 0 Å². The predicted octanol–water partition coefficient (Wildman–Crippen LogP) is 1.02. The van der Waals surface area contributed by atoms with Gasteiger partial charge < -0.3 is 15.4 Å². The molecule has 1 aliphatic rings. The molecule has 0 spiro atoms. The van der Waals surface area contributed by atoms with Gasteiger partial charge in [0.05, 0.1) is 13.2 Å². The number of pyridine rings is 1. The number of hydrogen-bond acceptors (Lipinski definition) is 4. The molecule has 0 aliphatic carbocycles. The molecule has 0 bridgehead atoms. The zero-order chi connectivity index (χ0) is 13.0. The quantitative estimate of drug-likeness (QED) is 0.839. The van der Waals surface area contributed by atoms with Gasteiger partial charge in [0, 0.05) is 24.7 Å². The lowest BCUT2D eigenvalue weighted by Gasteiger charge is -2.23. The van der Waals surface area contributed by atoms with E-state index in [1.54, 1.807) is 0 Å². The fourth-order valence-corrected chi connectivity index (χ4v) is 2.07. The third kappa shape index (κ3) is 3.78. The second-order valence-electron chi connectivity index (χ2n) is 4.65. The number of morpholine rings is 1. The minimum Gasteiger partial charge on any atom is -0.378 e. The lowest BCUT2D eigenvalue weighted by Crippen LogP contribution is -2.43. The summed E-state index contributed by atoms with van der Waals surface area (Å²) >= 11 is 0. The van der Waals surface area contributed by atoms with Crippen LogP contribution in [0.25, 0.3) is 0 Å². The molecule has 2 rings (SSSR count). The van der Waals surface area contributed by atoms with Gasteiger partial charge in [0.25, 0.3) is 0 Å². The first-order chi connectivity index (χ1) is 8.63. The van der Waals surface area contributed by atoms with Gasteiger partial charge in [-0.3, -0.25) is 4.79 Å². The number of rotatable bonds is 3. The average Bonchev–Trinajstić information content (AvgIpc) is 2.28. The second-order valence-corrected chi connectivity index (χ2v) is 4.65. The van der Waals surface area contributed by atoms with Gasteiger partial charge in [0.1, 0.15) is 5.82 Å². The maximum Gasteiger partial charge on any atom is 0.227 e. The summed E-state index contributed by atoms with van der Waals surface area (Å²) in [6, 6.07) is 3.95. The van der Waals surface area contributed by atoms with Crippen LogP contribution in [0.2, 0.25) is 0 Å². The Hall–Kier alpha value is -1.46. The summed E-state index contributed by atoms with van der Waals surface area (Å²) in [5.41, 5.74) is 2.00. The van der Waals surface area contributed by atoms with E-state index < -0.39 is 0 Å². The topological polar surface area (TPSA) is 63.2 Å². The van der Waals surface area contributed by atoms with E-state index in [1.807, 2.05) is 26.0 Å². The number of aromatic nitrogens is 1. The molecule has 1 amide bonds. The second kappa shape index (κ2) is 5.93. The molecule has 1 aromatic heterocycles. The predicted molar refractivity (Wildman–Crippen MR) is 69.6 cm³/mol. The fourth-order valence-electron chi connectivity index (χ4n) is 2.07. The number of ether oxygens (including phenoxy) is 1. The summed E-state index contributed by atoms with van der Waals surface area (Å²) in [4.78, 5) is 16.1. The maximum atomic E-state index is 11.9. The highest BCUT2D eigenvalue weighted by molar-refractivity contribution is 5.90. The Balaban J connectivity index is 1.89. The van der Waals surface area contributed by atoms with E-state index in [-0.39, 0.29) is 11.9 Å². The molecule has 18 heavy (non-hydrogen) atoms. The molecular weight excluding hydrogens is 230 g/mol. The van der Waals surface area contributed by atoms with Gasteiger partial charge in [0.2, 0.25) is 5.91 Å². The largest absolute Gasteiger partial charge is 0.378 e. The van der Waals surface area contributed by atoms with Crippen molar-refractivity contribution >= 4 is 11.7 Å². The van der Waals surface area contributed by atoms with Crippen molar-refractivity contribution in [3.63, 3.8) is 0 Å². The number of carbonyl (C=O) groups is 1. The Kier molecular flexibility index (Phi) is 4.28. The van der Waals surface area contributed by atoms with Crippen LogP contribution in [0.5, 0.6) is 0 Å². The zero-order valence-electron chi connectivity index (χ0n) is 10.8. The summed E-state index contributed by atoms with van der Waals surface area (Å²) in [5, 5.41) is 6.08. The van der Waals surface area contributed by atoms with E-state index in [2.05, 4.69) is 15.6 Å². The third-order valence-corrected chi connectivity index (χ3v) is 2.80. The molecule has 5 nitrogen and oxygen atoms in total. The lowest BCUT2D eigenvalue weighted by atomic mass is 10.2. The van der Waals surface area contributed by atoms with Crippen LogP contribution in [-0.2, 0) is 9.53 Å². The van der Waals surface area contributed by atoms with Crippen molar-refractivity contribution < 1.29 is 9.53 Å². The molecule has 0 aromatic carbocycles. The summed E-state index contributed by atoms with van der Waals surface area (Å²) in [6.45, 7) is 6.02. The van der Waals surface area contributed by atoms with E-state index >= 15 is 0 Å². The molecular formula is C13H19N3O2. The molecule has 2 heterocycles. The minimum atomic E-state index is -0.0319.